The van der Waals surface area contributed by atoms with Crippen LogP contribution in [-0.4, -0.2) is 31.9 Å². The van der Waals surface area contributed by atoms with Gasteiger partial charge in [-0.3, -0.25) is 4.68 Å². The number of hydrogen-bond acceptors (Lipinski definition) is 4. The van der Waals surface area contributed by atoms with Crippen molar-refractivity contribution in [2.24, 2.45) is 0 Å². The summed E-state index contributed by atoms with van der Waals surface area (Å²) < 4.78 is 35.3. The highest BCUT2D eigenvalue weighted by Crippen LogP contribution is 2.28. The molecule has 0 aliphatic rings. The van der Waals surface area contributed by atoms with E-state index in [2.05, 4.69) is 9.82 Å². The molecular weight excluding hydrogens is 350 g/mol. The highest BCUT2D eigenvalue weighted by atomic mass is 32.2. The van der Waals surface area contributed by atoms with Crippen LogP contribution in [0.15, 0.2) is 35.4 Å². The zero-order valence-corrected chi connectivity index (χ0v) is 17.2. The first-order chi connectivity index (χ1) is 12.0. The monoisotopic (exact) mass is 379 g/mol. The molecule has 144 valence electrons. The van der Waals surface area contributed by atoms with E-state index in [0.717, 1.165) is 11.3 Å². The maximum absolute atomic E-state index is 12.9. The molecule has 2 rings (SSSR count). The molecule has 6 nitrogen and oxygen atoms in total. The summed E-state index contributed by atoms with van der Waals surface area (Å²) in [5, 5.41) is 4.52. The van der Waals surface area contributed by atoms with Crippen LogP contribution in [0.3, 0.4) is 0 Å². The minimum atomic E-state index is -3.64. The SMILES string of the molecule is COc1cccc(CCNS(=O)(=O)c2cn(C(C)C)nc2C(C)(C)C)c1. The third-order valence-corrected chi connectivity index (χ3v) is 5.53. The maximum atomic E-state index is 12.9. The van der Waals surface area contributed by atoms with Gasteiger partial charge in [0.2, 0.25) is 10.0 Å². The molecule has 0 amide bonds. The molecule has 26 heavy (non-hydrogen) atoms. The van der Waals surface area contributed by atoms with Gasteiger partial charge < -0.3 is 4.74 Å². The Hall–Kier alpha value is -1.86. The zero-order chi connectivity index (χ0) is 19.5. The Morgan fingerprint density at radius 2 is 1.96 bits per heavy atom. The number of aromatic nitrogens is 2. The Balaban J connectivity index is 2.19. The molecule has 0 fully saturated rings. The summed E-state index contributed by atoms with van der Waals surface area (Å²) in [5.41, 5.74) is 1.23. The van der Waals surface area contributed by atoms with Crippen LogP contribution in [-0.2, 0) is 21.9 Å². The van der Waals surface area contributed by atoms with Crippen LogP contribution >= 0.6 is 0 Å². The summed E-state index contributed by atoms with van der Waals surface area (Å²) >= 11 is 0. The first kappa shape index (κ1) is 20.5. The van der Waals surface area contributed by atoms with E-state index in [-0.39, 0.29) is 16.4 Å². The Morgan fingerprint density at radius 3 is 2.54 bits per heavy atom. The van der Waals surface area contributed by atoms with Crippen molar-refractivity contribution in [3.63, 3.8) is 0 Å². The summed E-state index contributed by atoms with van der Waals surface area (Å²) in [6.07, 6.45) is 2.21. The van der Waals surface area contributed by atoms with Gasteiger partial charge in [0.1, 0.15) is 10.6 Å². The lowest BCUT2D eigenvalue weighted by Crippen LogP contribution is -2.28. The number of methoxy groups -OCH3 is 1. The predicted octanol–water partition coefficient (Wildman–Crippen LogP) is 3.29. The number of rotatable bonds is 7. The second kappa shape index (κ2) is 7.80. The molecule has 1 aromatic carbocycles. The third kappa shape index (κ3) is 4.86. The third-order valence-electron chi connectivity index (χ3n) is 4.07. The lowest BCUT2D eigenvalue weighted by atomic mass is 9.92. The molecule has 0 saturated heterocycles. The van der Waals surface area contributed by atoms with Crippen LogP contribution < -0.4 is 9.46 Å². The van der Waals surface area contributed by atoms with Crippen LogP contribution in [0.5, 0.6) is 5.75 Å². The standard InChI is InChI=1S/C19H29N3O3S/c1-14(2)22-13-17(18(21-22)19(3,4)5)26(23,24)20-11-10-15-8-7-9-16(12-15)25-6/h7-9,12-14,20H,10-11H2,1-6H3. The van der Waals surface area contributed by atoms with Gasteiger partial charge in [0.15, 0.2) is 0 Å². The van der Waals surface area contributed by atoms with Crippen molar-refractivity contribution in [3.8, 4) is 5.75 Å². The van der Waals surface area contributed by atoms with Crippen molar-refractivity contribution in [3.05, 3.63) is 41.7 Å². The first-order valence-electron chi connectivity index (χ1n) is 8.77. The van der Waals surface area contributed by atoms with Crippen LogP contribution in [0.2, 0.25) is 0 Å². The average Bonchev–Trinajstić information content (AvgIpc) is 3.02. The molecule has 0 bridgehead atoms. The minimum absolute atomic E-state index is 0.0943. The second-order valence-electron chi connectivity index (χ2n) is 7.67. The van der Waals surface area contributed by atoms with E-state index in [1.807, 2.05) is 58.9 Å². The van der Waals surface area contributed by atoms with Gasteiger partial charge in [-0.15, -0.1) is 0 Å². The Bertz CT molecular complexity index is 849. The van der Waals surface area contributed by atoms with Crippen molar-refractivity contribution in [2.75, 3.05) is 13.7 Å². The molecule has 0 spiro atoms. The second-order valence-corrected chi connectivity index (χ2v) is 9.40. The molecule has 1 heterocycles. The summed E-state index contributed by atoms with van der Waals surface area (Å²) in [7, 11) is -2.02. The zero-order valence-electron chi connectivity index (χ0n) is 16.4. The van der Waals surface area contributed by atoms with E-state index in [1.54, 1.807) is 18.0 Å². The molecule has 0 atom stereocenters. The minimum Gasteiger partial charge on any atom is -0.497 e. The van der Waals surface area contributed by atoms with Crippen LogP contribution in [0.4, 0.5) is 0 Å². The molecule has 1 aromatic heterocycles. The number of ether oxygens (including phenoxy) is 1. The van der Waals surface area contributed by atoms with E-state index in [1.165, 1.54) is 0 Å². The summed E-state index contributed by atoms with van der Waals surface area (Å²) in [6, 6.07) is 7.72. The Labute approximate surface area is 156 Å². The van der Waals surface area contributed by atoms with Gasteiger partial charge in [-0.05, 0) is 38.0 Å². The highest BCUT2D eigenvalue weighted by Gasteiger charge is 2.30. The Kier molecular flexibility index (Phi) is 6.13. The molecule has 0 radical (unpaired) electrons. The summed E-state index contributed by atoms with van der Waals surface area (Å²) in [6.45, 7) is 10.2. The highest BCUT2D eigenvalue weighted by molar-refractivity contribution is 7.89. The van der Waals surface area contributed by atoms with Crippen molar-refractivity contribution in [2.45, 2.75) is 57.4 Å². The van der Waals surface area contributed by atoms with Gasteiger partial charge in [0.25, 0.3) is 0 Å². The number of hydrogen-bond donors (Lipinski definition) is 1. The lowest BCUT2D eigenvalue weighted by Gasteiger charge is -2.17. The molecule has 2 aromatic rings. The number of benzene rings is 1. The Morgan fingerprint density at radius 1 is 1.27 bits per heavy atom. The van der Waals surface area contributed by atoms with Gasteiger partial charge in [-0.25, -0.2) is 13.1 Å². The van der Waals surface area contributed by atoms with E-state index in [4.69, 9.17) is 4.74 Å². The summed E-state index contributed by atoms with van der Waals surface area (Å²) in [5.74, 6) is 0.763. The molecule has 0 aliphatic carbocycles. The molecule has 0 saturated carbocycles. The van der Waals surface area contributed by atoms with Crippen LogP contribution in [0.1, 0.15) is 51.9 Å². The number of sulfonamides is 1. The van der Waals surface area contributed by atoms with Gasteiger partial charge in [0, 0.05) is 24.2 Å². The lowest BCUT2D eigenvalue weighted by molar-refractivity contribution is 0.414. The quantitative estimate of drug-likeness (QED) is 0.801. The predicted molar refractivity (Wildman–Crippen MR) is 103 cm³/mol. The van der Waals surface area contributed by atoms with Gasteiger partial charge in [-0.1, -0.05) is 32.9 Å². The van der Waals surface area contributed by atoms with Crippen molar-refractivity contribution in [1.29, 1.82) is 0 Å². The van der Waals surface area contributed by atoms with E-state index >= 15 is 0 Å². The van der Waals surface area contributed by atoms with Crippen molar-refractivity contribution >= 4 is 10.0 Å². The largest absolute Gasteiger partial charge is 0.497 e. The maximum Gasteiger partial charge on any atom is 0.244 e. The van der Waals surface area contributed by atoms with E-state index < -0.39 is 10.0 Å². The first-order valence-corrected chi connectivity index (χ1v) is 10.2. The van der Waals surface area contributed by atoms with Crippen molar-refractivity contribution in [1.82, 2.24) is 14.5 Å². The van der Waals surface area contributed by atoms with Crippen LogP contribution in [0.25, 0.3) is 0 Å². The average molecular weight is 380 g/mol. The van der Waals surface area contributed by atoms with Gasteiger partial charge in [-0.2, -0.15) is 5.10 Å². The number of nitrogens with one attached hydrogen (secondary N) is 1. The fourth-order valence-corrected chi connectivity index (χ4v) is 3.97. The molecular formula is C19H29N3O3S. The topological polar surface area (TPSA) is 73.2 Å². The molecule has 0 unspecified atom stereocenters. The number of nitrogens with zero attached hydrogens (tertiary/aromatic N) is 2. The van der Waals surface area contributed by atoms with E-state index in [0.29, 0.717) is 18.7 Å². The fraction of sp³-hybridized carbons (Fsp3) is 0.526. The molecule has 7 heteroatoms. The van der Waals surface area contributed by atoms with Gasteiger partial charge in [0.05, 0.1) is 12.8 Å². The van der Waals surface area contributed by atoms with Crippen molar-refractivity contribution < 1.29 is 13.2 Å². The summed E-state index contributed by atoms with van der Waals surface area (Å²) in [4.78, 5) is 0.254. The van der Waals surface area contributed by atoms with E-state index in [9.17, 15) is 8.42 Å². The smallest absolute Gasteiger partial charge is 0.244 e. The fourth-order valence-electron chi connectivity index (χ4n) is 2.59. The normalized spacial score (nSPS) is 12.6. The molecule has 0 aliphatic heterocycles. The van der Waals surface area contributed by atoms with Crippen LogP contribution in [0, 0.1) is 0 Å². The van der Waals surface area contributed by atoms with Gasteiger partial charge >= 0.3 is 0 Å². The molecule has 1 N–H and O–H groups in total.